The number of piperidine rings is 1. The predicted molar refractivity (Wildman–Crippen MR) is 90.2 cm³/mol. The van der Waals surface area contributed by atoms with Crippen LogP contribution < -0.4 is 0 Å². The van der Waals surface area contributed by atoms with E-state index in [0.29, 0.717) is 25.0 Å². The summed E-state index contributed by atoms with van der Waals surface area (Å²) in [7, 11) is 2.14. The molecule has 5 nitrogen and oxygen atoms in total. The van der Waals surface area contributed by atoms with Gasteiger partial charge in [-0.15, -0.1) is 0 Å². The molecule has 1 heterocycles. The molecule has 1 saturated heterocycles. The van der Waals surface area contributed by atoms with Crippen LogP contribution in [-0.2, 0) is 9.59 Å². The molecule has 132 valence electrons. The normalized spacial score (nSPS) is 22.0. The molecule has 2 fully saturated rings. The van der Waals surface area contributed by atoms with E-state index in [1.54, 1.807) is 0 Å². The number of hydrogen-bond donors (Lipinski definition) is 1. The number of carbonyl (C=O) groups excluding carboxylic acids is 1. The number of likely N-dealkylation sites (tertiary alicyclic amines) is 1. The molecule has 2 rings (SSSR count). The first kappa shape index (κ1) is 18.2. The lowest BCUT2D eigenvalue weighted by Crippen LogP contribution is -2.47. The van der Waals surface area contributed by atoms with Crippen LogP contribution in [0.3, 0.4) is 0 Å². The Morgan fingerprint density at radius 2 is 1.70 bits per heavy atom. The largest absolute Gasteiger partial charge is 0.481 e. The number of carboxylic acid groups (broad SMARTS) is 1. The summed E-state index contributed by atoms with van der Waals surface area (Å²) in [5.41, 5.74) is 0. The van der Waals surface area contributed by atoms with Crippen LogP contribution in [0.5, 0.6) is 0 Å². The first-order chi connectivity index (χ1) is 10.9. The van der Waals surface area contributed by atoms with Crippen molar-refractivity contribution in [3.8, 4) is 0 Å². The molecule has 0 radical (unpaired) electrons. The van der Waals surface area contributed by atoms with Gasteiger partial charge in [-0.3, -0.25) is 9.59 Å². The summed E-state index contributed by atoms with van der Waals surface area (Å²) >= 11 is 0. The quantitative estimate of drug-likeness (QED) is 0.763. The maximum absolute atomic E-state index is 12.7. The van der Waals surface area contributed by atoms with E-state index >= 15 is 0 Å². The molecular weight excluding hydrogens is 292 g/mol. The number of nitrogens with zero attached hydrogens (tertiary/aromatic N) is 2. The molecule has 0 aromatic carbocycles. The second kappa shape index (κ2) is 8.13. The van der Waals surface area contributed by atoms with Crippen molar-refractivity contribution in [2.24, 2.45) is 17.8 Å². The van der Waals surface area contributed by atoms with Gasteiger partial charge in [-0.1, -0.05) is 12.8 Å². The van der Waals surface area contributed by atoms with Crippen LogP contribution in [0.15, 0.2) is 0 Å². The standard InChI is InChI=1S/C18H32N2O3/c1-13(2)19(3)12-14-8-10-20(11-9-14)17(21)16(18(22)23)15-6-4-5-7-15/h13-16H,4-12H2,1-3H3,(H,22,23). The fraction of sp³-hybridized carbons (Fsp3) is 0.889. The van der Waals surface area contributed by atoms with E-state index < -0.39 is 11.9 Å². The maximum atomic E-state index is 12.7. The summed E-state index contributed by atoms with van der Waals surface area (Å²) < 4.78 is 0. The molecule has 0 aromatic heterocycles. The summed E-state index contributed by atoms with van der Waals surface area (Å²) in [6.45, 7) is 6.87. The van der Waals surface area contributed by atoms with Crippen LogP contribution in [0.1, 0.15) is 52.4 Å². The van der Waals surface area contributed by atoms with Crippen molar-refractivity contribution in [3.05, 3.63) is 0 Å². The number of carboxylic acids is 1. The Labute approximate surface area is 140 Å². The van der Waals surface area contributed by atoms with E-state index in [2.05, 4.69) is 25.8 Å². The van der Waals surface area contributed by atoms with E-state index in [-0.39, 0.29) is 11.8 Å². The molecule has 1 saturated carbocycles. The third-order valence-corrected chi connectivity index (χ3v) is 5.76. The molecule has 0 bridgehead atoms. The minimum atomic E-state index is -0.927. The van der Waals surface area contributed by atoms with Crippen molar-refractivity contribution >= 4 is 11.9 Å². The molecule has 5 heteroatoms. The summed E-state index contributed by atoms with van der Waals surface area (Å²) in [5, 5.41) is 9.51. The molecule has 1 amide bonds. The van der Waals surface area contributed by atoms with Crippen LogP contribution >= 0.6 is 0 Å². The van der Waals surface area contributed by atoms with Gasteiger partial charge in [-0.2, -0.15) is 0 Å². The van der Waals surface area contributed by atoms with Crippen LogP contribution in [0, 0.1) is 17.8 Å². The Bertz CT molecular complexity index is 410. The van der Waals surface area contributed by atoms with Gasteiger partial charge in [0.25, 0.3) is 0 Å². The number of hydrogen-bond acceptors (Lipinski definition) is 3. The van der Waals surface area contributed by atoms with Gasteiger partial charge in [0.1, 0.15) is 5.92 Å². The predicted octanol–water partition coefficient (Wildman–Crippen LogP) is 2.46. The third kappa shape index (κ3) is 4.69. The van der Waals surface area contributed by atoms with E-state index in [0.717, 1.165) is 45.1 Å². The molecule has 0 aromatic rings. The maximum Gasteiger partial charge on any atom is 0.316 e. The highest BCUT2D eigenvalue weighted by Gasteiger charge is 2.39. The van der Waals surface area contributed by atoms with Crippen molar-refractivity contribution in [3.63, 3.8) is 0 Å². The first-order valence-electron chi connectivity index (χ1n) is 9.12. The number of rotatable bonds is 6. The summed E-state index contributed by atoms with van der Waals surface area (Å²) in [4.78, 5) is 28.5. The molecule has 1 atom stereocenters. The van der Waals surface area contributed by atoms with Crippen molar-refractivity contribution in [1.29, 1.82) is 0 Å². The zero-order valence-electron chi connectivity index (χ0n) is 14.8. The van der Waals surface area contributed by atoms with Gasteiger partial charge >= 0.3 is 5.97 Å². The molecule has 23 heavy (non-hydrogen) atoms. The zero-order valence-corrected chi connectivity index (χ0v) is 14.8. The highest BCUT2D eigenvalue weighted by Crippen LogP contribution is 2.33. The Morgan fingerprint density at radius 1 is 1.13 bits per heavy atom. The molecular formula is C18H32N2O3. The monoisotopic (exact) mass is 324 g/mol. The third-order valence-electron chi connectivity index (χ3n) is 5.76. The molecule has 1 N–H and O–H groups in total. The first-order valence-corrected chi connectivity index (χ1v) is 9.12. The van der Waals surface area contributed by atoms with Crippen molar-refractivity contribution in [1.82, 2.24) is 9.80 Å². The topological polar surface area (TPSA) is 60.9 Å². The minimum Gasteiger partial charge on any atom is -0.481 e. The lowest BCUT2D eigenvalue weighted by atomic mass is 9.88. The average Bonchev–Trinajstić information content (AvgIpc) is 3.01. The fourth-order valence-electron chi connectivity index (χ4n) is 3.95. The summed E-state index contributed by atoms with van der Waals surface area (Å²) in [6.07, 6.45) is 5.87. The molecule has 2 aliphatic rings. The summed E-state index contributed by atoms with van der Waals surface area (Å²) in [6, 6.07) is 0.536. The zero-order chi connectivity index (χ0) is 17.0. The van der Waals surface area contributed by atoms with Crippen molar-refractivity contribution in [2.45, 2.75) is 58.4 Å². The van der Waals surface area contributed by atoms with Crippen LogP contribution in [-0.4, -0.2) is 59.5 Å². The van der Waals surface area contributed by atoms with Crippen LogP contribution in [0.25, 0.3) is 0 Å². The highest BCUT2D eigenvalue weighted by atomic mass is 16.4. The van der Waals surface area contributed by atoms with E-state index in [1.165, 1.54) is 0 Å². The fourth-order valence-corrected chi connectivity index (χ4v) is 3.95. The van der Waals surface area contributed by atoms with Gasteiger partial charge in [-0.05, 0) is 58.4 Å². The van der Waals surface area contributed by atoms with Gasteiger partial charge in [-0.25, -0.2) is 0 Å². The van der Waals surface area contributed by atoms with Crippen molar-refractivity contribution < 1.29 is 14.7 Å². The lowest BCUT2D eigenvalue weighted by molar-refractivity contribution is -0.154. The van der Waals surface area contributed by atoms with Gasteiger partial charge in [0.05, 0.1) is 0 Å². The Hall–Kier alpha value is -1.10. The minimum absolute atomic E-state index is 0.0461. The highest BCUT2D eigenvalue weighted by molar-refractivity contribution is 5.97. The second-order valence-electron chi connectivity index (χ2n) is 7.66. The molecule has 1 unspecified atom stereocenters. The Kier molecular flexibility index (Phi) is 6.45. The van der Waals surface area contributed by atoms with Gasteiger partial charge < -0.3 is 14.9 Å². The lowest BCUT2D eigenvalue weighted by Gasteiger charge is -2.36. The van der Waals surface area contributed by atoms with E-state index in [4.69, 9.17) is 0 Å². The number of aliphatic carboxylic acids is 1. The Balaban J connectivity index is 1.88. The number of carbonyl (C=O) groups is 2. The SMILES string of the molecule is CC(C)N(C)CC1CCN(C(=O)C(C(=O)O)C2CCCC2)CC1. The van der Waals surface area contributed by atoms with Crippen LogP contribution in [0.2, 0.25) is 0 Å². The van der Waals surface area contributed by atoms with Gasteiger partial charge in [0.15, 0.2) is 0 Å². The van der Waals surface area contributed by atoms with Crippen LogP contribution in [0.4, 0.5) is 0 Å². The number of amides is 1. The second-order valence-corrected chi connectivity index (χ2v) is 7.66. The van der Waals surface area contributed by atoms with Crippen molar-refractivity contribution in [2.75, 3.05) is 26.7 Å². The summed E-state index contributed by atoms with van der Waals surface area (Å²) in [5.74, 6) is -1.22. The molecule has 0 spiro atoms. The molecule has 1 aliphatic carbocycles. The average molecular weight is 324 g/mol. The Morgan fingerprint density at radius 3 is 2.17 bits per heavy atom. The smallest absolute Gasteiger partial charge is 0.316 e. The van der Waals surface area contributed by atoms with E-state index in [1.807, 2.05) is 4.90 Å². The van der Waals surface area contributed by atoms with Gasteiger partial charge in [0.2, 0.25) is 5.91 Å². The van der Waals surface area contributed by atoms with E-state index in [9.17, 15) is 14.7 Å². The molecule has 1 aliphatic heterocycles. The van der Waals surface area contributed by atoms with Gasteiger partial charge in [0, 0.05) is 25.7 Å².